The van der Waals surface area contributed by atoms with Crippen LogP contribution in [0.25, 0.3) is 0 Å². The second kappa shape index (κ2) is 3.01. The highest BCUT2D eigenvalue weighted by Crippen LogP contribution is 2.48. The van der Waals surface area contributed by atoms with Crippen molar-refractivity contribution in [2.75, 3.05) is 13.2 Å². The van der Waals surface area contributed by atoms with Crippen LogP contribution in [-0.4, -0.2) is 29.4 Å². The van der Waals surface area contributed by atoms with E-state index in [9.17, 15) is 4.79 Å². The molecule has 2 aliphatic rings. The summed E-state index contributed by atoms with van der Waals surface area (Å²) in [7, 11) is 0. The number of ether oxygens (including phenoxy) is 1. The van der Waals surface area contributed by atoms with E-state index in [-0.39, 0.29) is 5.12 Å². The number of hydrogen-bond acceptors (Lipinski definition) is 4. The Hall–Kier alpha value is -0.510. The Labute approximate surface area is 81.9 Å². The van der Waals surface area contributed by atoms with Crippen molar-refractivity contribution < 1.29 is 9.53 Å². The van der Waals surface area contributed by atoms with Gasteiger partial charge in [0.1, 0.15) is 5.41 Å². The molecule has 72 valence electrons. The van der Waals surface area contributed by atoms with E-state index in [2.05, 4.69) is 4.99 Å². The summed E-state index contributed by atoms with van der Waals surface area (Å²) in [4.78, 5) is 15.7. The Morgan fingerprint density at radius 2 is 2.46 bits per heavy atom. The lowest BCUT2D eigenvalue weighted by atomic mass is 9.86. The van der Waals surface area contributed by atoms with Crippen molar-refractivity contribution >= 4 is 22.8 Å². The van der Waals surface area contributed by atoms with Crippen LogP contribution in [0.15, 0.2) is 4.99 Å². The Balaban J connectivity index is 2.22. The van der Waals surface area contributed by atoms with Gasteiger partial charge in [-0.15, -0.1) is 0 Å². The zero-order valence-electron chi connectivity index (χ0n) is 7.87. The van der Waals surface area contributed by atoms with Crippen molar-refractivity contribution in [3.63, 3.8) is 0 Å². The van der Waals surface area contributed by atoms with Crippen molar-refractivity contribution in [3.8, 4) is 0 Å². The molecule has 0 saturated carbocycles. The molecule has 0 aliphatic carbocycles. The summed E-state index contributed by atoms with van der Waals surface area (Å²) < 4.78 is 5.44. The first kappa shape index (κ1) is 9.06. The van der Waals surface area contributed by atoms with Crippen LogP contribution < -0.4 is 0 Å². The summed E-state index contributed by atoms with van der Waals surface area (Å²) in [5.74, 6) is 0.662. The van der Waals surface area contributed by atoms with Crippen molar-refractivity contribution in [1.82, 2.24) is 0 Å². The highest BCUT2D eigenvalue weighted by atomic mass is 32.2. The van der Waals surface area contributed by atoms with Crippen LogP contribution in [0.5, 0.6) is 0 Å². The third-order valence-electron chi connectivity index (χ3n) is 2.76. The maximum atomic E-state index is 11.5. The van der Waals surface area contributed by atoms with E-state index in [1.807, 2.05) is 13.8 Å². The molecule has 2 heterocycles. The van der Waals surface area contributed by atoms with Gasteiger partial charge in [-0.2, -0.15) is 0 Å². The average molecular weight is 199 g/mol. The van der Waals surface area contributed by atoms with Crippen LogP contribution in [0, 0.1) is 5.41 Å². The quantitative estimate of drug-likeness (QED) is 0.642. The van der Waals surface area contributed by atoms with Crippen LogP contribution in [0.3, 0.4) is 0 Å². The molecule has 2 aliphatic heterocycles. The van der Waals surface area contributed by atoms with Gasteiger partial charge in [0.05, 0.1) is 6.61 Å². The molecule has 2 atom stereocenters. The number of carbonyl (C=O) groups is 1. The van der Waals surface area contributed by atoms with Crippen molar-refractivity contribution in [1.29, 1.82) is 0 Å². The van der Waals surface area contributed by atoms with Gasteiger partial charge >= 0.3 is 0 Å². The molecular formula is C9H13NO2S. The van der Waals surface area contributed by atoms with Crippen LogP contribution >= 0.6 is 11.8 Å². The van der Waals surface area contributed by atoms with E-state index >= 15 is 0 Å². The Bertz CT molecular complexity index is 277. The molecule has 4 heteroatoms. The molecule has 0 radical (unpaired) electrons. The number of rotatable bonds is 1. The van der Waals surface area contributed by atoms with E-state index < -0.39 is 5.41 Å². The average Bonchev–Trinajstić information content (AvgIpc) is 2.18. The molecule has 0 aromatic rings. The van der Waals surface area contributed by atoms with Gasteiger partial charge in [0.2, 0.25) is 5.12 Å². The molecule has 0 aromatic heterocycles. The van der Waals surface area contributed by atoms with Gasteiger partial charge in [0.25, 0.3) is 0 Å². The number of carbonyl (C=O) groups excluding carboxylic acids is 1. The molecule has 2 rings (SSSR count). The van der Waals surface area contributed by atoms with Crippen molar-refractivity contribution in [2.45, 2.75) is 25.5 Å². The van der Waals surface area contributed by atoms with E-state index in [0.717, 1.165) is 13.0 Å². The minimum atomic E-state index is -0.439. The molecule has 13 heavy (non-hydrogen) atoms. The SMILES string of the molecule is C[C@H]1SC(=O)[C@@]1(C)C1=NCCCO1. The predicted octanol–water partition coefficient (Wildman–Crippen LogP) is 1.47. The van der Waals surface area contributed by atoms with E-state index in [1.54, 1.807) is 0 Å². The van der Waals surface area contributed by atoms with Gasteiger partial charge in [-0.05, 0) is 6.92 Å². The second-order valence-corrected chi connectivity index (χ2v) is 4.95. The van der Waals surface area contributed by atoms with Gasteiger partial charge in [-0.25, -0.2) is 0 Å². The van der Waals surface area contributed by atoms with Crippen LogP contribution in [0.1, 0.15) is 20.3 Å². The van der Waals surface area contributed by atoms with Crippen molar-refractivity contribution in [2.24, 2.45) is 10.4 Å². The maximum absolute atomic E-state index is 11.5. The Morgan fingerprint density at radius 3 is 2.92 bits per heavy atom. The molecule has 1 saturated heterocycles. The largest absolute Gasteiger partial charge is 0.480 e. The van der Waals surface area contributed by atoms with E-state index in [0.29, 0.717) is 17.8 Å². The van der Waals surface area contributed by atoms with Gasteiger partial charge < -0.3 is 4.74 Å². The summed E-state index contributed by atoms with van der Waals surface area (Å²) in [6, 6.07) is 0. The normalized spacial score (nSPS) is 39.1. The van der Waals surface area contributed by atoms with Crippen LogP contribution in [-0.2, 0) is 9.53 Å². The van der Waals surface area contributed by atoms with E-state index in [1.165, 1.54) is 11.8 Å². The standard InChI is InChI=1S/C9H13NO2S/c1-6-9(2,8(11)13-6)7-10-4-3-5-12-7/h6H,3-5H2,1-2H3/t6-,9-/m1/s1. The van der Waals surface area contributed by atoms with Gasteiger partial charge in [-0.3, -0.25) is 9.79 Å². The molecule has 3 nitrogen and oxygen atoms in total. The zero-order valence-corrected chi connectivity index (χ0v) is 8.69. The molecule has 0 N–H and O–H groups in total. The van der Waals surface area contributed by atoms with Gasteiger partial charge in [0, 0.05) is 18.2 Å². The van der Waals surface area contributed by atoms with Crippen LogP contribution in [0.2, 0.25) is 0 Å². The number of aliphatic imine (C=N–C) groups is 1. The van der Waals surface area contributed by atoms with Crippen molar-refractivity contribution in [3.05, 3.63) is 0 Å². The Morgan fingerprint density at radius 1 is 1.69 bits per heavy atom. The minimum absolute atomic E-state index is 0.195. The highest BCUT2D eigenvalue weighted by molar-refractivity contribution is 8.16. The fourth-order valence-electron chi connectivity index (χ4n) is 1.54. The first-order chi connectivity index (χ1) is 6.15. The lowest BCUT2D eigenvalue weighted by Gasteiger charge is -2.42. The zero-order chi connectivity index (χ0) is 9.47. The molecule has 0 unspecified atom stereocenters. The summed E-state index contributed by atoms with van der Waals surface area (Å²) >= 11 is 1.38. The summed E-state index contributed by atoms with van der Waals surface area (Å²) in [5.41, 5.74) is -0.439. The third-order valence-corrected chi connectivity index (χ3v) is 4.22. The smallest absolute Gasteiger partial charge is 0.205 e. The minimum Gasteiger partial charge on any atom is -0.480 e. The van der Waals surface area contributed by atoms with Gasteiger partial charge in [0.15, 0.2) is 5.90 Å². The lowest BCUT2D eigenvalue weighted by Crippen LogP contribution is -2.53. The number of nitrogens with zero attached hydrogens (tertiary/aromatic N) is 1. The fourth-order valence-corrected chi connectivity index (χ4v) is 2.63. The molecule has 0 bridgehead atoms. The monoisotopic (exact) mass is 199 g/mol. The molecule has 1 fully saturated rings. The third kappa shape index (κ3) is 1.19. The number of thioether (sulfide) groups is 1. The number of hydrogen-bond donors (Lipinski definition) is 0. The van der Waals surface area contributed by atoms with E-state index in [4.69, 9.17) is 4.74 Å². The summed E-state index contributed by atoms with van der Waals surface area (Å²) in [6.07, 6.45) is 0.968. The highest BCUT2D eigenvalue weighted by Gasteiger charge is 2.55. The van der Waals surface area contributed by atoms with Gasteiger partial charge in [-0.1, -0.05) is 18.7 Å². The summed E-state index contributed by atoms with van der Waals surface area (Å²) in [5, 5.41) is 0.498. The molecule has 0 spiro atoms. The molecular weight excluding hydrogens is 186 g/mol. The lowest BCUT2D eigenvalue weighted by molar-refractivity contribution is -0.118. The predicted molar refractivity (Wildman–Crippen MR) is 53.0 cm³/mol. The second-order valence-electron chi connectivity index (χ2n) is 3.64. The summed E-state index contributed by atoms with van der Waals surface area (Å²) in [6.45, 7) is 5.49. The van der Waals surface area contributed by atoms with Crippen LogP contribution in [0.4, 0.5) is 0 Å². The topological polar surface area (TPSA) is 38.7 Å². The Kier molecular flexibility index (Phi) is 2.10. The first-order valence-electron chi connectivity index (χ1n) is 4.54. The fraction of sp³-hybridized carbons (Fsp3) is 0.778. The maximum Gasteiger partial charge on any atom is 0.205 e. The molecule has 0 aromatic carbocycles. The first-order valence-corrected chi connectivity index (χ1v) is 5.42. The molecule has 0 amide bonds.